The number of rotatable bonds is 5. The molecule has 0 aromatic heterocycles. The summed E-state index contributed by atoms with van der Waals surface area (Å²) in [5, 5.41) is 1.13. The highest BCUT2D eigenvalue weighted by Crippen LogP contribution is 2.38. The van der Waals surface area contributed by atoms with Gasteiger partial charge in [0.2, 0.25) is 0 Å². The van der Waals surface area contributed by atoms with Gasteiger partial charge in [0.05, 0.1) is 10.7 Å². The van der Waals surface area contributed by atoms with Crippen molar-refractivity contribution < 1.29 is 4.43 Å². The number of halogens is 2. The highest BCUT2D eigenvalue weighted by molar-refractivity contribution is 9.10. The maximum Gasteiger partial charge on any atom is 0.191 e. The third-order valence-electron chi connectivity index (χ3n) is 4.92. The largest absolute Gasteiger partial charge is 0.417 e. The van der Waals surface area contributed by atoms with Crippen molar-refractivity contribution in [1.29, 1.82) is 0 Å². The summed E-state index contributed by atoms with van der Waals surface area (Å²) in [5.74, 6) is 0. The van der Waals surface area contributed by atoms with Gasteiger partial charge in [-0.05, 0) is 48.7 Å². The zero-order valence-corrected chi connectivity index (χ0v) is 17.6. The van der Waals surface area contributed by atoms with E-state index in [9.17, 15) is 0 Å². The molecule has 5 heteroatoms. The fourth-order valence-electron chi connectivity index (χ4n) is 2.55. The molecule has 1 aliphatic rings. The van der Waals surface area contributed by atoms with Gasteiger partial charge in [-0.1, -0.05) is 48.3 Å². The molecule has 0 saturated carbocycles. The fourth-order valence-corrected chi connectivity index (χ4v) is 4.64. The van der Waals surface area contributed by atoms with Crippen LogP contribution in [-0.2, 0) is 10.8 Å². The molecule has 22 heavy (non-hydrogen) atoms. The van der Waals surface area contributed by atoms with Crippen molar-refractivity contribution in [3.8, 4) is 0 Å². The van der Waals surface area contributed by atoms with Crippen molar-refractivity contribution in [3.63, 3.8) is 0 Å². The molecule has 0 amide bonds. The molecular formula is C17H27BrClNOSi. The molecule has 0 bridgehead atoms. The van der Waals surface area contributed by atoms with Gasteiger partial charge in [-0.15, -0.1) is 0 Å². The van der Waals surface area contributed by atoms with Gasteiger partial charge < -0.3 is 9.33 Å². The first-order valence-electron chi connectivity index (χ1n) is 7.99. The van der Waals surface area contributed by atoms with Crippen molar-refractivity contribution in [1.82, 2.24) is 0 Å². The standard InChI is InChI=1S/C17H27BrClNOSi/c1-17(2,3)22(4,5)21-10-6-8-20-9-7-13-11-14(18)12-15(19)16(13)20/h11-12H,6-10H2,1-5H3. The van der Waals surface area contributed by atoms with Crippen molar-refractivity contribution in [3.05, 3.63) is 27.2 Å². The van der Waals surface area contributed by atoms with E-state index in [0.29, 0.717) is 0 Å². The molecule has 0 fully saturated rings. The predicted molar refractivity (Wildman–Crippen MR) is 103 cm³/mol. The van der Waals surface area contributed by atoms with Crippen LogP contribution >= 0.6 is 27.5 Å². The van der Waals surface area contributed by atoms with Gasteiger partial charge in [0.1, 0.15) is 0 Å². The van der Waals surface area contributed by atoms with Crippen LogP contribution in [0.3, 0.4) is 0 Å². The van der Waals surface area contributed by atoms with Crippen LogP contribution in [0, 0.1) is 0 Å². The summed E-state index contributed by atoms with van der Waals surface area (Å²) < 4.78 is 7.33. The molecule has 1 aromatic rings. The molecule has 0 spiro atoms. The number of nitrogens with zero attached hydrogens (tertiary/aromatic N) is 1. The van der Waals surface area contributed by atoms with Crippen LogP contribution in [0.4, 0.5) is 5.69 Å². The van der Waals surface area contributed by atoms with Gasteiger partial charge >= 0.3 is 0 Å². The van der Waals surface area contributed by atoms with Crippen molar-refractivity contribution in [2.24, 2.45) is 0 Å². The average molecular weight is 405 g/mol. The SMILES string of the molecule is CC(C)(C)[Si](C)(C)OCCCN1CCc2cc(Br)cc(Cl)c21. The molecule has 1 aliphatic heterocycles. The van der Waals surface area contributed by atoms with Gasteiger partial charge in [0.25, 0.3) is 0 Å². The van der Waals surface area contributed by atoms with Gasteiger partial charge in [0.15, 0.2) is 8.32 Å². The van der Waals surface area contributed by atoms with Crippen LogP contribution in [0.15, 0.2) is 16.6 Å². The zero-order valence-electron chi connectivity index (χ0n) is 14.3. The van der Waals surface area contributed by atoms with Crippen LogP contribution < -0.4 is 4.90 Å². The van der Waals surface area contributed by atoms with E-state index < -0.39 is 8.32 Å². The summed E-state index contributed by atoms with van der Waals surface area (Å²) in [6, 6.07) is 4.18. The molecule has 0 unspecified atom stereocenters. The Morgan fingerprint density at radius 1 is 1.32 bits per heavy atom. The number of hydrogen-bond acceptors (Lipinski definition) is 2. The molecule has 124 valence electrons. The maximum atomic E-state index is 6.42. The van der Waals surface area contributed by atoms with Gasteiger partial charge in [0, 0.05) is 24.2 Å². The molecular weight excluding hydrogens is 378 g/mol. The Morgan fingerprint density at radius 3 is 2.64 bits per heavy atom. The molecule has 2 rings (SSSR count). The lowest BCUT2D eigenvalue weighted by Crippen LogP contribution is -2.41. The summed E-state index contributed by atoms with van der Waals surface area (Å²) in [6.45, 7) is 14.4. The third-order valence-corrected chi connectivity index (χ3v) is 10.2. The van der Waals surface area contributed by atoms with E-state index in [4.69, 9.17) is 16.0 Å². The molecule has 2 nitrogen and oxygen atoms in total. The molecule has 0 radical (unpaired) electrons. The summed E-state index contributed by atoms with van der Waals surface area (Å²) in [6.07, 6.45) is 2.13. The highest BCUT2D eigenvalue weighted by Gasteiger charge is 2.36. The van der Waals surface area contributed by atoms with Crippen molar-refractivity contribution in [2.75, 3.05) is 24.6 Å². The molecule has 0 aliphatic carbocycles. The van der Waals surface area contributed by atoms with E-state index >= 15 is 0 Å². The van der Waals surface area contributed by atoms with Crippen LogP contribution in [-0.4, -0.2) is 28.0 Å². The maximum absolute atomic E-state index is 6.42. The second-order valence-corrected chi connectivity index (χ2v) is 13.7. The summed E-state index contributed by atoms with van der Waals surface area (Å²) in [5.41, 5.74) is 2.57. The predicted octanol–water partition coefficient (Wildman–Crippen LogP) is 5.88. The Hall–Kier alpha value is -0.0331. The van der Waals surface area contributed by atoms with E-state index in [-0.39, 0.29) is 5.04 Å². The molecule has 0 N–H and O–H groups in total. The van der Waals surface area contributed by atoms with Gasteiger partial charge in [-0.2, -0.15) is 0 Å². The van der Waals surface area contributed by atoms with E-state index in [0.717, 1.165) is 42.0 Å². The minimum absolute atomic E-state index is 0.281. The Morgan fingerprint density at radius 2 is 2.00 bits per heavy atom. The van der Waals surface area contributed by atoms with Crippen LogP contribution in [0.25, 0.3) is 0 Å². The van der Waals surface area contributed by atoms with E-state index in [1.807, 2.05) is 6.07 Å². The summed E-state index contributed by atoms with van der Waals surface area (Å²) in [4.78, 5) is 2.40. The van der Waals surface area contributed by atoms with E-state index in [2.05, 4.69) is 60.8 Å². The van der Waals surface area contributed by atoms with Crippen LogP contribution in [0.2, 0.25) is 23.2 Å². The minimum atomic E-state index is -1.62. The first-order valence-corrected chi connectivity index (χ1v) is 12.1. The first kappa shape index (κ1) is 18.3. The van der Waals surface area contributed by atoms with Crippen LogP contribution in [0.1, 0.15) is 32.8 Å². The highest BCUT2D eigenvalue weighted by atomic mass is 79.9. The quantitative estimate of drug-likeness (QED) is 0.449. The second kappa shape index (κ2) is 6.84. The molecule has 1 aromatic carbocycles. The smallest absolute Gasteiger partial charge is 0.191 e. The second-order valence-electron chi connectivity index (χ2n) is 7.59. The summed E-state index contributed by atoms with van der Waals surface area (Å²) in [7, 11) is -1.62. The van der Waals surface area contributed by atoms with Crippen LogP contribution in [0.5, 0.6) is 0 Å². The van der Waals surface area contributed by atoms with Gasteiger partial charge in [-0.3, -0.25) is 0 Å². The third kappa shape index (κ3) is 4.08. The zero-order chi connectivity index (χ0) is 16.5. The fraction of sp³-hybridized carbons (Fsp3) is 0.647. The minimum Gasteiger partial charge on any atom is -0.417 e. The lowest BCUT2D eigenvalue weighted by Gasteiger charge is -2.36. The van der Waals surface area contributed by atoms with Crippen molar-refractivity contribution >= 4 is 41.5 Å². The first-order chi connectivity index (χ1) is 10.1. The Labute approximate surface area is 149 Å². The van der Waals surface area contributed by atoms with Crippen molar-refractivity contribution in [2.45, 2.75) is 51.7 Å². The lowest BCUT2D eigenvalue weighted by atomic mass is 10.2. The Bertz CT molecular complexity index is 542. The number of benzene rings is 1. The normalized spacial score (nSPS) is 15.3. The van der Waals surface area contributed by atoms with E-state index in [1.54, 1.807) is 0 Å². The molecule has 0 saturated heterocycles. The number of anilines is 1. The monoisotopic (exact) mass is 403 g/mol. The van der Waals surface area contributed by atoms with E-state index in [1.165, 1.54) is 11.3 Å². The number of hydrogen-bond donors (Lipinski definition) is 0. The molecule has 0 atom stereocenters. The Kier molecular flexibility index (Phi) is 5.69. The topological polar surface area (TPSA) is 12.5 Å². The summed E-state index contributed by atoms with van der Waals surface area (Å²) >= 11 is 9.94. The number of fused-ring (bicyclic) bond motifs is 1. The molecule has 1 heterocycles. The lowest BCUT2D eigenvalue weighted by molar-refractivity contribution is 0.283. The average Bonchev–Trinajstić information content (AvgIpc) is 2.76. The Balaban J connectivity index is 1.89. The van der Waals surface area contributed by atoms with Gasteiger partial charge in [-0.25, -0.2) is 0 Å².